The Bertz CT molecular complexity index is 2040. The van der Waals surface area contributed by atoms with E-state index < -0.39 is 86.8 Å². The first-order valence-electron chi connectivity index (χ1n) is 41.0. The van der Waals surface area contributed by atoms with Crippen molar-refractivity contribution in [3.63, 3.8) is 0 Å². The number of carbonyl (C=O) groups is 1. The highest BCUT2D eigenvalue weighted by molar-refractivity contribution is 5.76. The number of hydrogen-bond donors (Lipinski definition) is 9. The molecule has 2 aliphatic heterocycles. The second-order valence-corrected chi connectivity index (χ2v) is 28.5. The Morgan fingerprint density at radius 3 is 1.07 bits per heavy atom. The van der Waals surface area contributed by atoms with Gasteiger partial charge in [-0.05, 0) is 77.0 Å². The lowest BCUT2D eigenvalue weighted by atomic mass is 9.97. The summed E-state index contributed by atoms with van der Waals surface area (Å²) in [6.07, 6.45) is 80.5. The van der Waals surface area contributed by atoms with Gasteiger partial charge in [0.2, 0.25) is 5.91 Å². The fourth-order valence-electron chi connectivity index (χ4n) is 13.1. The van der Waals surface area contributed by atoms with Gasteiger partial charge >= 0.3 is 0 Å². The minimum atomic E-state index is -1.79. The van der Waals surface area contributed by atoms with Crippen LogP contribution in [0, 0.1) is 0 Å². The predicted octanol–water partition coefficient (Wildman–Crippen LogP) is 18.9. The lowest BCUT2D eigenvalue weighted by Crippen LogP contribution is -2.65. The second-order valence-electron chi connectivity index (χ2n) is 28.5. The minimum absolute atomic E-state index is 0.238. The average Bonchev–Trinajstić information content (AvgIpc) is 0.793. The Morgan fingerprint density at radius 2 is 0.697 bits per heavy atom. The molecule has 2 rings (SSSR count). The maximum absolute atomic E-state index is 13.4. The van der Waals surface area contributed by atoms with Crippen LogP contribution in [0.3, 0.4) is 0 Å². The number of rotatable bonds is 68. The van der Waals surface area contributed by atoms with Crippen LogP contribution >= 0.6 is 0 Å². The molecule has 12 atom stereocenters. The van der Waals surface area contributed by atoms with Gasteiger partial charge in [-0.25, -0.2) is 0 Å². The number of hydrogen-bond acceptors (Lipinski definition) is 13. The van der Waals surface area contributed by atoms with Crippen molar-refractivity contribution < 1.29 is 64.6 Å². The van der Waals surface area contributed by atoms with Crippen LogP contribution in [0.5, 0.6) is 0 Å². The Labute approximate surface area is 604 Å². The maximum Gasteiger partial charge on any atom is 0.220 e. The molecule has 0 saturated carbocycles. The molecular formula is C85H151NO13. The molecule has 2 aliphatic rings. The smallest absolute Gasteiger partial charge is 0.220 e. The van der Waals surface area contributed by atoms with Gasteiger partial charge in [0, 0.05) is 6.42 Å². The van der Waals surface area contributed by atoms with Crippen molar-refractivity contribution in [3.8, 4) is 0 Å². The number of ether oxygens (including phenoxy) is 4. The van der Waals surface area contributed by atoms with Crippen LogP contribution in [-0.2, 0) is 23.7 Å². The third-order valence-electron chi connectivity index (χ3n) is 19.5. The van der Waals surface area contributed by atoms with Crippen LogP contribution < -0.4 is 5.32 Å². The van der Waals surface area contributed by atoms with Crippen molar-refractivity contribution in [3.05, 3.63) is 97.2 Å². The van der Waals surface area contributed by atoms with Gasteiger partial charge in [0.1, 0.15) is 48.8 Å². The van der Waals surface area contributed by atoms with Crippen LogP contribution in [-0.4, -0.2) is 140 Å². The molecule has 0 aromatic carbocycles. The van der Waals surface area contributed by atoms with E-state index in [4.69, 9.17) is 18.9 Å². The van der Waals surface area contributed by atoms with Gasteiger partial charge < -0.3 is 65.1 Å². The van der Waals surface area contributed by atoms with Crippen LogP contribution in [0.2, 0.25) is 0 Å². The number of allylic oxidation sites excluding steroid dienone is 15. The molecule has 2 saturated heterocycles. The van der Waals surface area contributed by atoms with Gasteiger partial charge in [-0.2, -0.15) is 0 Å². The van der Waals surface area contributed by atoms with Gasteiger partial charge in [0.25, 0.3) is 0 Å². The van der Waals surface area contributed by atoms with Crippen LogP contribution in [0.1, 0.15) is 341 Å². The summed E-state index contributed by atoms with van der Waals surface area (Å²) in [6, 6.07) is -0.921. The normalized spacial score (nSPS) is 22.4. The molecule has 9 N–H and O–H groups in total. The zero-order valence-electron chi connectivity index (χ0n) is 63.0. The van der Waals surface area contributed by atoms with E-state index in [1.165, 1.54) is 231 Å². The van der Waals surface area contributed by atoms with Crippen molar-refractivity contribution >= 4 is 5.91 Å². The molecule has 574 valence electrons. The van der Waals surface area contributed by atoms with Gasteiger partial charge in [-0.15, -0.1) is 0 Å². The SMILES string of the molecule is CC/C=C\C/C=C\C/C=C\C/C=C\C/C=C\C/C=C\C/C=C\CCCCCCCCCCCCCCCCCC(=O)NC(COC1OC(CO)C(OC2OC(CO)C(O)C(O)C2O)C(O)C1O)C(O)/C=C/CCCCCCCCCCCCCCCCCCCCCCCCCCCC. The Hall–Kier alpha value is -3.09. The fourth-order valence-corrected chi connectivity index (χ4v) is 13.1. The number of nitrogens with one attached hydrogen (secondary N) is 1. The molecule has 0 aliphatic carbocycles. The number of carbonyl (C=O) groups excluding carboxylic acids is 1. The molecule has 14 nitrogen and oxygen atoms in total. The van der Waals surface area contributed by atoms with Crippen molar-refractivity contribution in [1.82, 2.24) is 5.32 Å². The maximum atomic E-state index is 13.4. The molecule has 0 aromatic rings. The third kappa shape index (κ3) is 50.9. The van der Waals surface area contributed by atoms with E-state index in [0.29, 0.717) is 6.42 Å². The van der Waals surface area contributed by atoms with Gasteiger partial charge in [-0.1, -0.05) is 355 Å². The van der Waals surface area contributed by atoms with Crippen LogP contribution in [0.15, 0.2) is 97.2 Å². The van der Waals surface area contributed by atoms with Gasteiger partial charge in [0.05, 0.1) is 32.0 Å². The van der Waals surface area contributed by atoms with Crippen molar-refractivity contribution in [1.29, 1.82) is 0 Å². The minimum Gasteiger partial charge on any atom is -0.394 e. The summed E-state index contributed by atoms with van der Waals surface area (Å²) in [4.78, 5) is 13.4. The molecule has 0 bridgehead atoms. The first-order chi connectivity index (χ1) is 48.6. The van der Waals surface area contributed by atoms with E-state index in [-0.39, 0.29) is 18.9 Å². The molecule has 2 heterocycles. The van der Waals surface area contributed by atoms with Gasteiger partial charge in [-0.3, -0.25) is 4.79 Å². The molecule has 2 fully saturated rings. The number of aliphatic hydroxyl groups is 8. The zero-order chi connectivity index (χ0) is 71.5. The lowest BCUT2D eigenvalue weighted by molar-refractivity contribution is -0.359. The first kappa shape index (κ1) is 92.0. The fraction of sp³-hybridized carbons (Fsp3) is 0.800. The summed E-state index contributed by atoms with van der Waals surface area (Å²) in [7, 11) is 0. The largest absolute Gasteiger partial charge is 0.394 e. The number of unbranched alkanes of at least 4 members (excludes halogenated alkanes) is 41. The molecule has 14 heteroatoms. The molecule has 0 radical (unpaired) electrons. The van der Waals surface area contributed by atoms with Crippen LogP contribution in [0.25, 0.3) is 0 Å². The highest BCUT2D eigenvalue weighted by atomic mass is 16.7. The highest BCUT2D eigenvalue weighted by Gasteiger charge is 2.51. The van der Waals surface area contributed by atoms with E-state index >= 15 is 0 Å². The molecule has 0 aromatic heterocycles. The van der Waals surface area contributed by atoms with Crippen molar-refractivity contribution in [2.45, 2.75) is 415 Å². The Balaban J connectivity index is 1.61. The average molecular weight is 1400 g/mol. The highest BCUT2D eigenvalue weighted by Crippen LogP contribution is 2.30. The van der Waals surface area contributed by atoms with Crippen LogP contribution in [0.4, 0.5) is 0 Å². The summed E-state index contributed by atoms with van der Waals surface area (Å²) in [5.74, 6) is -0.238. The first-order valence-corrected chi connectivity index (χ1v) is 41.0. The standard InChI is InChI=1S/C85H151NO13/c1-3-5-7-9-11-13-15-17-19-21-23-25-27-29-31-33-34-35-36-37-38-39-40-41-43-45-47-49-51-53-55-57-59-61-63-65-67-69-77(90)86-73(72-96-84-82(95)80(93)83(76(71-88)98-84)99-85-81(94)79(92)78(91)75(70-87)97-85)74(89)68-66-64-62-60-58-56-54-52-50-48-46-44-42-32-30-28-26-24-22-20-18-16-14-12-10-8-6-4-2/h5,7,11,13,17,19,23,25,29,31,34-35,37-38,66,68,73-76,78-85,87-89,91-95H,3-4,6,8-10,12,14-16,18,20-22,24,26-28,30,32-33,36,39-65,67,69-72H2,1-2H3,(H,86,90)/b7-5-,13-11-,19-17-,25-23-,31-29-,35-34-,38-37-,68-66+. The zero-order valence-corrected chi connectivity index (χ0v) is 63.0. The van der Waals surface area contributed by atoms with Crippen molar-refractivity contribution in [2.24, 2.45) is 0 Å². The summed E-state index contributed by atoms with van der Waals surface area (Å²) in [5, 5.41) is 87.7. The van der Waals surface area contributed by atoms with E-state index in [2.05, 4.69) is 104 Å². The summed E-state index contributed by atoms with van der Waals surface area (Å²) >= 11 is 0. The lowest BCUT2D eigenvalue weighted by Gasteiger charge is -2.46. The summed E-state index contributed by atoms with van der Waals surface area (Å²) in [6.45, 7) is 2.73. The molecular weight excluding hydrogens is 1240 g/mol. The van der Waals surface area contributed by atoms with E-state index in [0.717, 1.165) is 83.5 Å². The van der Waals surface area contributed by atoms with E-state index in [1.807, 2.05) is 6.08 Å². The number of amides is 1. The van der Waals surface area contributed by atoms with E-state index in [1.54, 1.807) is 6.08 Å². The topological polar surface area (TPSA) is 228 Å². The molecule has 0 spiro atoms. The third-order valence-corrected chi connectivity index (χ3v) is 19.5. The Morgan fingerprint density at radius 1 is 0.374 bits per heavy atom. The molecule has 12 unspecified atom stereocenters. The predicted molar refractivity (Wildman–Crippen MR) is 410 cm³/mol. The van der Waals surface area contributed by atoms with Crippen molar-refractivity contribution in [2.75, 3.05) is 19.8 Å². The number of aliphatic hydroxyl groups excluding tert-OH is 8. The monoisotopic (exact) mass is 1390 g/mol. The van der Waals surface area contributed by atoms with Gasteiger partial charge in [0.15, 0.2) is 12.6 Å². The quantitative estimate of drug-likeness (QED) is 0.0204. The summed E-state index contributed by atoms with van der Waals surface area (Å²) in [5.41, 5.74) is 0. The summed E-state index contributed by atoms with van der Waals surface area (Å²) < 4.78 is 22.9. The second kappa shape index (κ2) is 68.0. The van der Waals surface area contributed by atoms with E-state index in [9.17, 15) is 45.6 Å². The Kier molecular flexibility index (Phi) is 63.2. The molecule has 99 heavy (non-hydrogen) atoms. The molecule has 1 amide bonds.